The van der Waals surface area contributed by atoms with Gasteiger partial charge in [-0.3, -0.25) is 0 Å². The van der Waals surface area contributed by atoms with Gasteiger partial charge in [-0.25, -0.2) is 4.79 Å². The van der Waals surface area contributed by atoms with Gasteiger partial charge >= 0.3 is 5.97 Å². The molecule has 2 rings (SSSR count). The molecule has 0 aliphatic heterocycles. The first-order valence-corrected chi connectivity index (χ1v) is 7.53. The maximum atomic E-state index is 11.2. The monoisotopic (exact) mass is 310 g/mol. The van der Waals surface area contributed by atoms with E-state index in [0.717, 1.165) is 9.47 Å². The topological polar surface area (TPSA) is 92.3 Å². The number of thioether (sulfide) groups is 1. The molecule has 0 atom stereocenters. The van der Waals surface area contributed by atoms with Crippen molar-refractivity contribution in [2.75, 3.05) is 24.7 Å². The molecule has 8 heteroatoms. The van der Waals surface area contributed by atoms with Gasteiger partial charge in [-0.15, -0.1) is 10.2 Å². The molecule has 0 spiro atoms. The average molecular weight is 310 g/mol. The molecule has 0 radical (unpaired) electrons. The lowest BCUT2D eigenvalue weighted by atomic mass is 10.1. The summed E-state index contributed by atoms with van der Waals surface area (Å²) in [5.41, 5.74) is 6.84. The first-order valence-electron chi connectivity index (χ1n) is 5.73. The smallest absolute Gasteiger partial charge is 0.338 e. The van der Waals surface area contributed by atoms with Crippen molar-refractivity contribution in [3.05, 3.63) is 29.3 Å². The second-order valence-electron chi connectivity index (χ2n) is 4.22. The third kappa shape index (κ3) is 3.20. The van der Waals surface area contributed by atoms with E-state index in [1.54, 1.807) is 18.2 Å². The maximum Gasteiger partial charge on any atom is 0.338 e. The van der Waals surface area contributed by atoms with Gasteiger partial charge in [0, 0.05) is 25.5 Å². The molecule has 3 N–H and O–H groups in total. The Labute approximate surface area is 124 Å². The van der Waals surface area contributed by atoms with Crippen LogP contribution in [0.2, 0.25) is 0 Å². The highest BCUT2D eigenvalue weighted by Crippen LogP contribution is 2.31. The number of carboxylic acid groups (broad SMARTS) is 1. The summed E-state index contributed by atoms with van der Waals surface area (Å²) in [6.07, 6.45) is 0. The molecule has 106 valence electrons. The molecule has 0 aliphatic carbocycles. The van der Waals surface area contributed by atoms with Gasteiger partial charge < -0.3 is 15.7 Å². The Morgan fingerprint density at radius 2 is 2.20 bits per heavy atom. The van der Waals surface area contributed by atoms with Crippen LogP contribution in [-0.2, 0) is 5.75 Å². The Hall–Kier alpha value is -1.80. The standard InChI is InChI=1S/C12H14N4O2S2/c1-16(2)11-14-15-12(20-11)19-6-7-4-3-5-8(13)9(7)10(17)18/h3-5H,6,13H2,1-2H3,(H,17,18). The quantitative estimate of drug-likeness (QED) is 0.646. The Balaban J connectivity index is 2.14. The summed E-state index contributed by atoms with van der Waals surface area (Å²) in [6, 6.07) is 5.11. The molecular weight excluding hydrogens is 296 g/mol. The minimum Gasteiger partial charge on any atom is -0.478 e. The number of aromatic nitrogens is 2. The third-order valence-electron chi connectivity index (χ3n) is 2.53. The van der Waals surface area contributed by atoms with Crippen LogP contribution in [0, 0.1) is 0 Å². The summed E-state index contributed by atoms with van der Waals surface area (Å²) >= 11 is 2.92. The molecule has 1 aromatic carbocycles. The fourth-order valence-corrected chi connectivity index (χ4v) is 3.34. The summed E-state index contributed by atoms with van der Waals surface area (Å²) in [4.78, 5) is 13.1. The molecule has 2 aromatic rings. The number of carbonyl (C=O) groups is 1. The SMILES string of the molecule is CN(C)c1nnc(SCc2cccc(N)c2C(=O)O)s1. The minimum absolute atomic E-state index is 0.164. The van der Waals surface area contributed by atoms with E-state index in [1.807, 2.05) is 19.0 Å². The highest BCUT2D eigenvalue weighted by atomic mass is 32.2. The zero-order valence-corrected chi connectivity index (χ0v) is 12.7. The Kier molecular flexibility index (Phi) is 4.46. The number of hydrogen-bond acceptors (Lipinski definition) is 7. The number of hydrogen-bond donors (Lipinski definition) is 2. The summed E-state index contributed by atoms with van der Waals surface area (Å²) in [7, 11) is 3.80. The lowest BCUT2D eigenvalue weighted by molar-refractivity contribution is 0.0697. The molecule has 20 heavy (non-hydrogen) atoms. The Morgan fingerprint density at radius 1 is 1.45 bits per heavy atom. The van der Waals surface area contributed by atoms with Crippen LogP contribution in [0.5, 0.6) is 0 Å². The van der Waals surface area contributed by atoms with Crippen molar-refractivity contribution < 1.29 is 9.90 Å². The Bertz CT molecular complexity index is 628. The third-order valence-corrected chi connectivity index (χ3v) is 4.80. The van der Waals surface area contributed by atoms with Gasteiger partial charge in [-0.05, 0) is 11.6 Å². The van der Waals surface area contributed by atoms with Crippen LogP contribution in [0.15, 0.2) is 22.5 Å². The summed E-state index contributed by atoms with van der Waals surface area (Å²) in [6.45, 7) is 0. The van der Waals surface area contributed by atoms with Crippen molar-refractivity contribution in [3.63, 3.8) is 0 Å². The van der Waals surface area contributed by atoms with E-state index in [9.17, 15) is 9.90 Å². The van der Waals surface area contributed by atoms with Crippen molar-refractivity contribution in [1.82, 2.24) is 10.2 Å². The molecule has 1 aromatic heterocycles. The number of nitrogen functional groups attached to an aromatic ring is 1. The summed E-state index contributed by atoms with van der Waals surface area (Å²) in [5.74, 6) is -0.515. The molecule has 0 fully saturated rings. The predicted molar refractivity (Wildman–Crippen MR) is 81.6 cm³/mol. The van der Waals surface area contributed by atoms with Gasteiger partial charge in [0.25, 0.3) is 0 Å². The second-order valence-corrected chi connectivity index (χ2v) is 6.40. The van der Waals surface area contributed by atoms with Crippen molar-refractivity contribution in [2.24, 2.45) is 0 Å². The van der Waals surface area contributed by atoms with E-state index in [1.165, 1.54) is 23.1 Å². The number of aromatic carboxylic acids is 1. The first kappa shape index (κ1) is 14.6. The van der Waals surface area contributed by atoms with Crippen LogP contribution in [0.25, 0.3) is 0 Å². The van der Waals surface area contributed by atoms with Crippen LogP contribution in [-0.4, -0.2) is 35.4 Å². The zero-order valence-electron chi connectivity index (χ0n) is 11.0. The minimum atomic E-state index is -1.01. The normalized spacial score (nSPS) is 10.5. The molecule has 6 nitrogen and oxygen atoms in total. The lowest BCUT2D eigenvalue weighted by Crippen LogP contribution is -2.07. The van der Waals surface area contributed by atoms with Crippen LogP contribution in [0.1, 0.15) is 15.9 Å². The summed E-state index contributed by atoms with van der Waals surface area (Å²) in [5, 5.41) is 18.1. The molecule has 0 saturated carbocycles. The van der Waals surface area contributed by atoms with Crippen molar-refractivity contribution in [1.29, 1.82) is 0 Å². The average Bonchev–Trinajstić information content (AvgIpc) is 2.84. The van der Waals surface area contributed by atoms with E-state index in [2.05, 4.69) is 10.2 Å². The molecule has 0 saturated heterocycles. The highest BCUT2D eigenvalue weighted by Gasteiger charge is 2.14. The van der Waals surface area contributed by atoms with Crippen LogP contribution >= 0.6 is 23.1 Å². The number of nitrogens with two attached hydrogens (primary N) is 1. The second kappa shape index (κ2) is 6.10. The van der Waals surface area contributed by atoms with Crippen LogP contribution in [0.4, 0.5) is 10.8 Å². The highest BCUT2D eigenvalue weighted by molar-refractivity contribution is 8.00. The van der Waals surface area contributed by atoms with E-state index < -0.39 is 5.97 Å². The van der Waals surface area contributed by atoms with Gasteiger partial charge in [0.05, 0.1) is 5.56 Å². The fourth-order valence-electron chi connectivity index (χ4n) is 1.58. The van der Waals surface area contributed by atoms with Crippen molar-refractivity contribution in [3.8, 4) is 0 Å². The molecule has 1 heterocycles. The van der Waals surface area contributed by atoms with Crippen LogP contribution < -0.4 is 10.6 Å². The lowest BCUT2D eigenvalue weighted by Gasteiger charge is -2.07. The number of anilines is 2. The van der Waals surface area contributed by atoms with Crippen LogP contribution in [0.3, 0.4) is 0 Å². The van der Waals surface area contributed by atoms with Crippen molar-refractivity contribution >= 4 is 39.9 Å². The largest absolute Gasteiger partial charge is 0.478 e. The van der Waals surface area contributed by atoms with Gasteiger partial charge in [-0.2, -0.15) is 0 Å². The molecule has 0 bridgehead atoms. The van der Waals surface area contributed by atoms with Gasteiger partial charge in [0.1, 0.15) is 0 Å². The predicted octanol–water partition coefficient (Wildman–Crippen LogP) is 2.18. The molecule has 0 aliphatic rings. The van der Waals surface area contributed by atoms with Gasteiger partial charge in [0.15, 0.2) is 4.34 Å². The summed E-state index contributed by atoms with van der Waals surface area (Å²) < 4.78 is 0.799. The molecule has 0 unspecified atom stereocenters. The van der Waals surface area contributed by atoms with Crippen molar-refractivity contribution in [2.45, 2.75) is 10.1 Å². The number of carboxylic acids is 1. The fraction of sp³-hybridized carbons (Fsp3) is 0.250. The number of rotatable bonds is 5. The van der Waals surface area contributed by atoms with E-state index in [4.69, 9.17) is 5.73 Å². The van der Waals surface area contributed by atoms with Gasteiger partial charge in [-0.1, -0.05) is 35.2 Å². The zero-order chi connectivity index (χ0) is 14.7. The van der Waals surface area contributed by atoms with E-state index in [0.29, 0.717) is 11.3 Å². The molecule has 0 amide bonds. The van der Waals surface area contributed by atoms with E-state index in [-0.39, 0.29) is 11.3 Å². The molecular formula is C12H14N4O2S2. The Morgan fingerprint density at radius 3 is 2.80 bits per heavy atom. The number of benzene rings is 1. The number of nitrogens with zero attached hydrogens (tertiary/aromatic N) is 3. The van der Waals surface area contributed by atoms with Gasteiger partial charge in [0.2, 0.25) is 5.13 Å². The maximum absolute atomic E-state index is 11.2. The first-order chi connectivity index (χ1) is 9.49. The van der Waals surface area contributed by atoms with E-state index >= 15 is 0 Å².